The van der Waals surface area contributed by atoms with Crippen LogP contribution in [0.15, 0.2) is 54.6 Å². The maximum absolute atomic E-state index is 8.24. The molecule has 0 aliphatic heterocycles. The summed E-state index contributed by atoms with van der Waals surface area (Å²) >= 11 is 0. The molecule has 1 aliphatic carbocycles. The van der Waals surface area contributed by atoms with Crippen molar-refractivity contribution < 1.29 is 9.47 Å². The van der Waals surface area contributed by atoms with Gasteiger partial charge >= 0.3 is 0 Å². The molecule has 0 saturated heterocycles. The minimum absolute atomic E-state index is 0.0428. The summed E-state index contributed by atoms with van der Waals surface area (Å²) in [6, 6.07) is 17.5. The van der Waals surface area contributed by atoms with Gasteiger partial charge in [-0.2, -0.15) is 15.0 Å². The fourth-order valence-electron chi connectivity index (χ4n) is 3.79. The van der Waals surface area contributed by atoms with Crippen LogP contribution in [0.4, 0.5) is 17.6 Å². The minimum Gasteiger partial charge on any atom is -0.457 e. The number of aromatic nitrogens is 3. The van der Waals surface area contributed by atoms with Crippen LogP contribution in [-0.4, -0.2) is 39.0 Å². The van der Waals surface area contributed by atoms with Crippen LogP contribution >= 0.6 is 0 Å². The van der Waals surface area contributed by atoms with E-state index in [1.54, 1.807) is 0 Å². The first kappa shape index (κ1) is 22.3. The zero-order chi connectivity index (χ0) is 23.0. The SMILES string of the molecule is CN(C(=N)OCc1nc(N)nc(Nc2ccc(Oc3ccccc3)cc2)n1)C1CCCCC1. The number of nitrogens with two attached hydrogens (primary N) is 1. The number of anilines is 3. The highest BCUT2D eigenvalue weighted by atomic mass is 16.5. The van der Waals surface area contributed by atoms with Gasteiger partial charge in [0.05, 0.1) is 0 Å². The molecule has 172 valence electrons. The fraction of sp³-hybridized carbons (Fsp3) is 0.333. The van der Waals surface area contributed by atoms with E-state index < -0.39 is 0 Å². The first-order valence-electron chi connectivity index (χ1n) is 11.1. The second kappa shape index (κ2) is 10.6. The minimum atomic E-state index is 0.0428. The van der Waals surface area contributed by atoms with E-state index in [1.807, 2.05) is 66.5 Å². The lowest BCUT2D eigenvalue weighted by Gasteiger charge is -2.32. The summed E-state index contributed by atoms with van der Waals surface area (Å²) in [5.74, 6) is 2.24. The quantitative estimate of drug-likeness (QED) is 0.352. The van der Waals surface area contributed by atoms with E-state index >= 15 is 0 Å². The van der Waals surface area contributed by atoms with Crippen molar-refractivity contribution >= 4 is 23.6 Å². The Kier molecular flexibility index (Phi) is 7.19. The predicted octanol–water partition coefficient (Wildman–Crippen LogP) is 4.71. The molecule has 0 atom stereocenters. The first-order chi connectivity index (χ1) is 16.1. The third-order valence-corrected chi connectivity index (χ3v) is 5.57. The molecule has 4 N–H and O–H groups in total. The molecule has 0 amide bonds. The highest BCUT2D eigenvalue weighted by Crippen LogP contribution is 2.24. The molecule has 1 aromatic heterocycles. The normalized spacial score (nSPS) is 13.8. The number of benzene rings is 2. The molecule has 1 heterocycles. The molecule has 2 aromatic carbocycles. The number of hydrogen-bond acceptors (Lipinski definition) is 8. The second-order valence-electron chi connectivity index (χ2n) is 7.99. The molecule has 0 spiro atoms. The number of ether oxygens (including phenoxy) is 2. The number of para-hydroxylation sites is 1. The van der Waals surface area contributed by atoms with Gasteiger partial charge in [0.15, 0.2) is 12.4 Å². The van der Waals surface area contributed by atoms with Crippen LogP contribution in [0.5, 0.6) is 11.5 Å². The lowest BCUT2D eigenvalue weighted by molar-refractivity contribution is 0.180. The van der Waals surface area contributed by atoms with E-state index in [1.165, 1.54) is 19.3 Å². The molecule has 4 rings (SSSR count). The van der Waals surface area contributed by atoms with Gasteiger partial charge in [-0.3, -0.25) is 5.41 Å². The van der Waals surface area contributed by atoms with Gasteiger partial charge in [0.25, 0.3) is 6.02 Å². The molecule has 1 aliphatic rings. The van der Waals surface area contributed by atoms with Crippen molar-refractivity contribution in [3.8, 4) is 11.5 Å². The first-order valence-corrected chi connectivity index (χ1v) is 11.1. The Morgan fingerprint density at radius 1 is 1.00 bits per heavy atom. The van der Waals surface area contributed by atoms with Crippen LogP contribution < -0.4 is 15.8 Å². The number of nitrogen functional groups attached to an aromatic ring is 1. The maximum Gasteiger partial charge on any atom is 0.284 e. The van der Waals surface area contributed by atoms with Crippen molar-refractivity contribution in [2.45, 2.75) is 44.8 Å². The largest absolute Gasteiger partial charge is 0.457 e. The van der Waals surface area contributed by atoms with Gasteiger partial charge in [-0.1, -0.05) is 37.5 Å². The standard InChI is InChI=1S/C24H29N7O2/c1-31(18-8-4-2-5-9-18)23(26)32-16-21-28-22(25)30-24(29-21)27-17-12-14-20(15-13-17)33-19-10-6-3-7-11-19/h3,6-7,10-15,18,26H,2,4-5,8-9,16H2,1H3,(H3,25,27,28,29,30). The van der Waals surface area contributed by atoms with Gasteiger partial charge in [0.1, 0.15) is 11.5 Å². The molecule has 1 saturated carbocycles. The van der Waals surface area contributed by atoms with Crippen molar-refractivity contribution in [2.24, 2.45) is 0 Å². The molecule has 3 aromatic rings. The Labute approximate surface area is 193 Å². The number of rotatable bonds is 7. The van der Waals surface area contributed by atoms with Crippen LogP contribution in [-0.2, 0) is 11.3 Å². The third kappa shape index (κ3) is 6.31. The summed E-state index contributed by atoms with van der Waals surface area (Å²) in [7, 11) is 1.90. The lowest BCUT2D eigenvalue weighted by Crippen LogP contribution is -2.39. The zero-order valence-corrected chi connectivity index (χ0v) is 18.7. The third-order valence-electron chi connectivity index (χ3n) is 5.57. The summed E-state index contributed by atoms with van der Waals surface area (Å²) in [5, 5.41) is 11.4. The topological polar surface area (TPSA) is 122 Å². The molecular formula is C24H29N7O2. The van der Waals surface area contributed by atoms with Gasteiger partial charge in [-0.25, -0.2) is 0 Å². The molecule has 33 heavy (non-hydrogen) atoms. The van der Waals surface area contributed by atoms with Crippen LogP contribution in [0.25, 0.3) is 0 Å². The Balaban J connectivity index is 1.34. The highest BCUT2D eigenvalue weighted by Gasteiger charge is 2.21. The predicted molar refractivity (Wildman–Crippen MR) is 128 cm³/mol. The van der Waals surface area contributed by atoms with Gasteiger partial charge < -0.3 is 25.4 Å². The van der Waals surface area contributed by atoms with Gasteiger partial charge in [-0.15, -0.1) is 0 Å². The smallest absolute Gasteiger partial charge is 0.284 e. The summed E-state index contributed by atoms with van der Waals surface area (Å²) in [6.07, 6.45) is 5.83. The molecule has 9 nitrogen and oxygen atoms in total. The monoisotopic (exact) mass is 447 g/mol. The molecule has 0 bridgehead atoms. The Hall–Kier alpha value is -3.88. The summed E-state index contributed by atoms with van der Waals surface area (Å²) in [6.45, 7) is 0.0428. The van der Waals surface area contributed by atoms with Gasteiger partial charge in [0.2, 0.25) is 11.9 Å². The van der Waals surface area contributed by atoms with E-state index in [-0.39, 0.29) is 18.6 Å². The molecule has 0 unspecified atom stereocenters. The average molecular weight is 448 g/mol. The lowest BCUT2D eigenvalue weighted by atomic mass is 9.95. The molecule has 1 fully saturated rings. The van der Waals surface area contributed by atoms with Crippen molar-refractivity contribution in [2.75, 3.05) is 18.1 Å². The van der Waals surface area contributed by atoms with Gasteiger partial charge in [0, 0.05) is 18.8 Å². The number of amidine groups is 1. The fourth-order valence-corrected chi connectivity index (χ4v) is 3.79. The molecular weight excluding hydrogens is 418 g/mol. The van der Waals surface area contributed by atoms with Crippen LogP contribution in [0.3, 0.4) is 0 Å². The Morgan fingerprint density at radius 3 is 2.42 bits per heavy atom. The van der Waals surface area contributed by atoms with E-state index in [2.05, 4.69) is 20.3 Å². The van der Waals surface area contributed by atoms with Crippen molar-refractivity contribution in [1.29, 1.82) is 5.41 Å². The van der Waals surface area contributed by atoms with E-state index in [4.69, 9.17) is 20.6 Å². The second-order valence-corrected chi connectivity index (χ2v) is 7.99. The number of hydrogen-bond donors (Lipinski definition) is 3. The molecule has 9 heteroatoms. The number of nitrogens with zero attached hydrogens (tertiary/aromatic N) is 4. The highest BCUT2D eigenvalue weighted by molar-refractivity contribution is 5.70. The summed E-state index contributed by atoms with van der Waals surface area (Å²) in [5.41, 5.74) is 6.64. The van der Waals surface area contributed by atoms with E-state index in [0.29, 0.717) is 17.8 Å². The van der Waals surface area contributed by atoms with Crippen molar-refractivity contribution in [3.63, 3.8) is 0 Å². The summed E-state index contributed by atoms with van der Waals surface area (Å²) in [4.78, 5) is 14.6. The zero-order valence-electron chi connectivity index (χ0n) is 18.7. The van der Waals surface area contributed by atoms with Crippen LogP contribution in [0, 0.1) is 5.41 Å². The maximum atomic E-state index is 8.24. The van der Waals surface area contributed by atoms with Crippen molar-refractivity contribution in [3.05, 3.63) is 60.4 Å². The van der Waals surface area contributed by atoms with Crippen LogP contribution in [0.2, 0.25) is 0 Å². The Bertz CT molecular complexity index is 1050. The average Bonchev–Trinajstić information content (AvgIpc) is 2.84. The number of nitrogens with one attached hydrogen (secondary N) is 2. The van der Waals surface area contributed by atoms with Crippen LogP contribution in [0.1, 0.15) is 37.9 Å². The molecule has 0 radical (unpaired) electrons. The van der Waals surface area contributed by atoms with Crippen molar-refractivity contribution in [1.82, 2.24) is 19.9 Å². The Morgan fingerprint density at radius 2 is 1.70 bits per heavy atom. The summed E-state index contributed by atoms with van der Waals surface area (Å²) < 4.78 is 11.4. The van der Waals surface area contributed by atoms with E-state index in [9.17, 15) is 0 Å². The van der Waals surface area contributed by atoms with E-state index in [0.717, 1.165) is 30.0 Å². The van der Waals surface area contributed by atoms with Gasteiger partial charge in [-0.05, 0) is 49.2 Å².